The normalized spacial score (nSPS) is 35.9. The standard InChI is InChI=1S/C14H23N3O2.ClH/c1-9(18)16-4-6-17(7-5-16)14(19)12-10-2-3-11(8-10)13(12)15;/h10-13H,2-8,15H2,1H3;1H. The number of halogens is 1. The highest BCUT2D eigenvalue weighted by atomic mass is 35.5. The minimum Gasteiger partial charge on any atom is -0.339 e. The molecular weight excluding hydrogens is 278 g/mol. The molecule has 2 N–H and O–H groups in total. The van der Waals surface area contributed by atoms with Crippen molar-refractivity contribution in [3.8, 4) is 0 Å². The molecule has 0 aromatic rings. The van der Waals surface area contributed by atoms with Gasteiger partial charge in [0.05, 0.1) is 5.92 Å². The monoisotopic (exact) mass is 301 g/mol. The van der Waals surface area contributed by atoms with Crippen molar-refractivity contribution < 1.29 is 9.59 Å². The average Bonchev–Trinajstić information content (AvgIpc) is 2.99. The Morgan fingerprint density at radius 3 is 2.05 bits per heavy atom. The van der Waals surface area contributed by atoms with Crippen LogP contribution in [-0.2, 0) is 9.59 Å². The Morgan fingerprint density at radius 1 is 1.00 bits per heavy atom. The van der Waals surface area contributed by atoms with E-state index in [0.717, 1.165) is 6.42 Å². The Balaban J connectivity index is 0.00000147. The third-order valence-corrected chi connectivity index (χ3v) is 5.30. The predicted molar refractivity (Wildman–Crippen MR) is 78.4 cm³/mol. The number of hydrogen-bond donors (Lipinski definition) is 1. The van der Waals surface area contributed by atoms with Gasteiger partial charge < -0.3 is 15.5 Å². The lowest BCUT2D eigenvalue weighted by Gasteiger charge is -2.38. The highest BCUT2D eigenvalue weighted by Crippen LogP contribution is 2.48. The molecule has 2 aliphatic carbocycles. The number of hydrogen-bond acceptors (Lipinski definition) is 3. The highest BCUT2D eigenvalue weighted by molar-refractivity contribution is 5.85. The minimum atomic E-state index is 0. The van der Waals surface area contributed by atoms with Crippen molar-refractivity contribution in [1.29, 1.82) is 0 Å². The number of carbonyl (C=O) groups is 2. The molecule has 20 heavy (non-hydrogen) atoms. The van der Waals surface area contributed by atoms with Crippen molar-refractivity contribution in [2.24, 2.45) is 23.5 Å². The number of carbonyl (C=O) groups excluding carboxylic acids is 2. The van der Waals surface area contributed by atoms with Crippen LogP contribution in [0.5, 0.6) is 0 Å². The van der Waals surface area contributed by atoms with Gasteiger partial charge in [-0.25, -0.2) is 0 Å². The molecule has 3 aliphatic rings. The average molecular weight is 302 g/mol. The van der Waals surface area contributed by atoms with Crippen molar-refractivity contribution in [3.05, 3.63) is 0 Å². The molecule has 0 aromatic carbocycles. The first-order chi connectivity index (χ1) is 9.08. The SMILES string of the molecule is CC(=O)N1CCN(C(=O)C2C3CCC(C3)C2N)CC1.Cl. The van der Waals surface area contributed by atoms with E-state index in [1.807, 2.05) is 9.80 Å². The van der Waals surface area contributed by atoms with Crippen molar-refractivity contribution in [2.45, 2.75) is 32.2 Å². The second kappa shape index (κ2) is 5.90. The smallest absolute Gasteiger partial charge is 0.227 e. The fourth-order valence-electron chi connectivity index (χ4n) is 4.15. The maximum Gasteiger partial charge on any atom is 0.227 e. The number of piperazine rings is 1. The maximum atomic E-state index is 12.6. The number of amides is 2. The Labute approximate surface area is 126 Å². The van der Waals surface area contributed by atoms with Gasteiger partial charge in [-0.05, 0) is 31.1 Å². The molecule has 3 fully saturated rings. The zero-order chi connectivity index (χ0) is 13.6. The van der Waals surface area contributed by atoms with Gasteiger partial charge in [0, 0.05) is 39.1 Å². The van der Waals surface area contributed by atoms with E-state index in [0.29, 0.717) is 38.0 Å². The number of nitrogens with two attached hydrogens (primary N) is 1. The van der Waals surface area contributed by atoms with Crippen LogP contribution in [0.1, 0.15) is 26.2 Å². The molecule has 114 valence electrons. The summed E-state index contributed by atoms with van der Waals surface area (Å²) in [6.45, 7) is 4.25. The van der Waals surface area contributed by atoms with Crippen LogP contribution in [0.15, 0.2) is 0 Å². The molecule has 1 saturated heterocycles. The van der Waals surface area contributed by atoms with Crippen LogP contribution in [0, 0.1) is 17.8 Å². The Kier molecular flexibility index (Phi) is 4.59. The molecule has 1 heterocycles. The molecule has 2 bridgehead atoms. The van der Waals surface area contributed by atoms with Gasteiger partial charge >= 0.3 is 0 Å². The third-order valence-electron chi connectivity index (χ3n) is 5.30. The maximum absolute atomic E-state index is 12.6. The Hall–Kier alpha value is -0.810. The number of rotatable bonds is 1. The van der Waals surface area contributed by atoms with Gasteiger partial charge in [0.15, 0.2) is 0 Å². The van der Waals surface area contributed by atoms with Gasteiger partial charge in [0.2, 0.25) is 11.8 Å². The molecule has 2 amide bonds. The summed E-state index contributed by atoms with van der Waals surface area (Å²) >= 11 is 0. The zero-order valence-electron chi connectivity index (χ0n) is 12.0. The first kappa shape index (κ1) is 15.6. The molecule has 0 aromatic heterocycles. The predicted octanol–water partition coefficient (Wildman–Crippen LogP) is 0.472. The molecule has 4 atom stereocenters. The van der Waals surface area contributed by atoms with Crippen LogP contribution in [0.4, 0.5) is 0 Å². The number of nitrogens with zero attached hydrogens (tertiary/aromatic N) is 2. The topological polar surface area (TPSA) is 66.6 Å². The summed E-state index contributed by atoms with van der Waals surface area (Å²) in [7, 11) is 0. The molecule has 2 saturated carbocycles. The second-order valence-corrected chi connectivity index (χ2v) is 6.27. The molecule has 5 nitrogen and oxygen atoms in total. The van der Waals surface area contributed by atoms with Crippen LogP contribution in [0.3, 0.4) is 0 Å². The zero-order valence-corrected chi connectivity index (χ0v) is 12.8. The van der Waals surface area contributed by atoms with Crippen molar-refractivity contribution in [3.63, 3.8) is 0 Å². The lowest BCUT2D eigenvalue weighted by molar-refractivity contribution is -0.143. The summed E-state index contributed by atoms with van der Waals surface area (Å²) in [4.78, 5) is 27.6. The van der Waals surface area contributed by atoms with E-state index in [9.17, 15) is 9.59 Å². The summed E-state index contributed by atoms with van der Waals surface area (Å²) in [6.07, 6.45) is 3.51. The van der Waals surface area contributed by atoms with E-state index >= 15 is 0 Å². The van der Waals surface area contributed by atoms with E-state index < -0.39 is 0 Å². The van der Waals surface area contributed by atoms with Crippen LogP contribution in [0.25, 0.3) is 0 Å². The Morgan fingerprint density at radius 2 is 1.55 bits per heavy atom. The molecule has 1 aliphatic heterocycles. The van der Waals surface area contributed by atoms with Gasteiger partial charge in [-0.3, -0.25) is 9.59 Å². The van der Waals surface area contributed by atoms with E-state index in [1.165, 1.54) is 12.8 Å². The van der Waals surface area contributed by atoms with Crippen LogP contribution in [-0.4, -0.2) is 53.8 Å². The van der Waals surface area contributed by atoms with E-state index in [4.69, 9.17) is 5.73 Å². The van der Waals surface area contributed by atoms with Gasteiger partial charge in [-0.15, -0.1) is 12.4 Å². The molecule has 0 spiro atoms. The molecule has 4 unspecified atom stereocenters. The molecule has 6 heteroatoms. The third kappa shape index (κ3) is 2.53. The first-order valence-electron chi connectivity index (χ1n) is 7.38. The van der Waals surface area contributed by atoms with Crippen molar-refractivity contribution in [1.82, 2.24) is 9.80 Å². The van der Waals surface area contributed by atoms with Gasteiger partial charge in [0.1, 0.15) is 0 Å². The molecule has 3 rings (SSSR count). The second-order valence-electron chi connectivity index (χ2n) is 6.27. The highest BCUT2D eigenvalue weighted by Gasteiger charge is 2.50. The van der Waals surface area contributed by atoms with E-state index in [2.05, 4.69) is 0 Å². The Bertz CT molecular complexity index is 394. The summed E-state index contributed by atoms with van der Waals surface area (Å²) in [6, 6.07) is 0.0667. The van der Waals surface area contributed by atoms with E-state index in [1.54, 1.807) is 6.92 Å². The minimum absolute atomic E-state index is 0. The first-order valence-corrected chi connectivity index (χ1v) is 7.38. The molecule has 0 radical (unpaired) electrons. The summed E-state index contributed by atoms with van der Waals surface area (Å²) in [5.41, 5.74) is 6.24. The summed E-state index contributed by atoms with van der Waals surface area (Å²) in [5.74, 6) is 1.46. The fourth-order valence-corrected chi connectivity index (χ4v) is 4.15. The van der Waals surface area contributed by atoms with Crippen LogP contribution in [0.2, 0.25) is 0 Å². The number of fused-ring (bicyclic) bond motifs is 2. The van der Waals surface area contributed by atoms with Crippen LogP contribution < -0.4 is 5.73 Å². The van der Waals surface area contributed by atoms with Crippen molar-refractivity contribution >= 4 is 24.2 Å². The fraction of sp³-hybridized carbons (Fsp3) is 0.857. The van der Waals surface area contributed by atoms with E-state index in [-0.39, 0.29) is 36.2 Å². The summed E-state index contributed by atoms with van der Waals surface area (Å²) in [5, 5.41) is 0. The lowest BCUT2D eigenvalue weighted by atomic mass is 9.84. The van der Waals surface area contributed by atoms with Gasteiger partial charge in [-0.1, -0.05) is 0 Å². The van der Waals surface area contributed by atoms with Crippen molar-refractivity contribution in [2.75, 3.05) is 26.2 Å². The van der Waals surface area contributed by atoms with Crippen LogP contribution >= 0.6 is 12.4 Å². The molecular formula is C14H24ClN3O2. The lowest BCUT2D eigenvalue weighted by Crippen LogP contribution is -2.54. The quantitative estimate of drug-likeness (QED) is 0.766. The summed E-state index contributed by atoms with van der Waals surface area (Å²) < 4.78 is 0. The largest absolute Gasteiger partial charge is 0.339 e. The van der Waals surface area contributed by atoms with Gasteiger partial charge in [-0.2, -0.15) is 0 Å². The van der Waals surface area contributed by atoms with Gasteiger partial charge in [0.25, 0.3) is 0 Å².